The highest BCUT2D eigenvalue weighted by Gasteiger charge is 2.34. The first-order valence-electron chi connectivity index (χ1n) is 5.64. The molecule has 3 heterocycles. The first kappa shape index (κ1) is 13.8. The van der Waals surface area contributed by atoms with Crippen LogP contribution in [0.5, 0.6) is 0 Å². The van der Waals surface area contributed by atoms with Crippen LogP contribution in [-0.2, 0) is 6.18 Å². The summed E-state index contributed by atoms with van der Waals surface area (Å²) in [4.78, 5) is 7.55. The van der Waals surface area contributed by atoms with E-state index in [1.165, 1.54) is 24.7 Å². The van der Waals surface area contributed by atoms with Crippen LogP contribution in [0.25, 0.3) is 17.4 Å². The van der Waals surface area contributed by atoms with Crippen molar-refractivity contribution >= 4 is 15.9 Å². The van der Waals surface area contributed by atoms with Crippen molar-refractivity contribution in [1.29, 1.82) is 0 Å². The molecule has 0 fully saturated rings. The van der Waals surface area contributed by atoms with Gasteiger partial charge in [0.1, 0.15) is 5.69 Å². The lowest BCUT2D eigenvalue weighted by Crippen LogP contribution is -2.13. The quantitative estimate of drug-likeness (QED) is 0.700. The van der Waals surface area contributed by atoms with Crippen LogP contribution in [0.15, 0.2) is 45.7 Å². The Morgan fingerprint density at radius 2 is 2.05 bits per heavy atom. The number of hydrogen-bond acceptors (Lipinski definition) is 4. The molecule has 0 aromatic carbocycles. The second-order valence-corrected chi connectivity index (χ2v) is 4.93. The highest BCUT2D eigenvalue weighted by molar-refractivity contribution is 9.10. The summed E-state index contributed by atoms with van der Waals surface area (Å²) in [6.45, 7) is 0. The molecule has 0 N–H and O–H groups in total. The number of alkyl halides is 3. The van der Waals surface area contributed by atoms with Crippen molar-refractivity contribution in [2.24, 2.45) is 0 Å². The van der Waals surface area contributed by atoms with Gasteiger partial charge >= 0.3 is 6.18 Å². The Bertz CT molecular complexity index is 767. The number of rotatable bonds is 2. The number of furan rings is 1. The molecule has 0 saturated carbocycles. The first-order valence-corrected chi connectivity index (χ1v) is 6.43. The van der Waals surface area contributed by atoms with Crippen molar-refractivity contribution in [2.75, 3.05) is 0 Å². The minimum atomic E-state index is -4.59. The van der Waals surface area contributed by atoms with E-state index in [-0.39, 0.29) is 17.4 Å². The van der Waals surface area contributed by atoms with Crippen molar-refractivity contribution in [3.63, 3.8) is 0 Å². The molecule has 3 aromatic rings. The predicted molar refractivity (Wildman–Crippen MR) is 69.6 cm³/mol. The lowest BCUT2D eigenvalue weighted by molar-refractivity contribution is -0.141. The summed E-state index contributed by atoms with van der Waals surface area (Å²) in [6, 6.07) is 3.92. The average molecular weight is 359 g/mol. The molecule has 3 rings (SSSR count). The van der Waals surface area contributed by atoms with Crippen LogP contribution in [0, 0.1) is 0 Å². The van der Waals surface area contributed by atoms with Gasteiger partial charge in [-0.25, -0.2) is 14.6 Å². The summed E-state index contributed by atoms with van der Waals surface area (Å²) in [5.74, 6) is 0.0253. The number of nitrogens with zero attached hydrogens (tertiary/aromatic N) is 4. The Kier molecular flexibility index (Phi) is 3.28. The zero-order chi connectivity index (χ0) is 15.0. The summed E-state index contributed by atoms with van der Waals surface area (Å²) >= 11 is 3.17. The first-order chi connectivity index (χ1) is 9.93. The molecule has 3 aromatic heterocycles. The van der Waals surface area contributed by atoms with Gasteiger partial charge < -0.3 is 4.42 Å². The largest absolute Gasteiger partial charge is 0.463 e. The summed E-state index contributed by atoms with van der Waals surface area (Å²) in [7, 11) is 0. The lowest BCUT2D eigenvalue weighted by Gasteiger charge is -2.09. The molecule has 108 valence electrons. The van der Waals surface area contributed by atoms with Crippen molar-refractivity contribution in [3.8, 4) is 17.4 Å². The molecule has 21 heavy (non-hydrogen) atoms. The molecule has 0 radical (unpaired) electrons. The molecule has 0 amide bonds. The van der Waals surface area contributed by atoms with E-state index in [0.717, 1.165) is 10.7 Å². The van der Waals surface area contributed by atoms with Crippen molar-refractivity contribution in [3.05, 3.63) is 47.0 Å². The SMILES string of the molecule is FC(F)(F)c1cc(-c2ccco2)nc(-n2cc(Br)cn2)n1. The zero-order valence-electron chi connectivity index (χ0n) is 10.2. The van der Waals surface area contributed by atoms with Gasteiger partial charge in [0.25, 0.3) is 5.95 Å². The van der Waals surface area contributed by atoms with Crippen molar-refractivity contribution in [1.82, 2.24) is 19.7 Å². The normalized spacial score (nSPS) is 11.8. The second-order valence-electron chi connectivity index (χ2n) is 4.02. The van der Waals surface area contributed by atoms with Gasteiger partial charge in [-0.15, -0.1) is 0 Å². The fourth-order valence-electron chi connectivity index (χ4n) is 1.64. The van der Waals surface area contributed by atoms with E-state index in [0.29, 0.717) is 4.47 Å². The second kappa shape index (κ2) is 4.99. The molecule has 0 unspecified atom stereocenters. The maximum Gasteiger partial charge on any atom is 0.433 e. The lowest BCUT2D eigenvalue weighted by atomic mass is 10.2. The predicted octanol–water partition coefficient (Wildman–Crippen LogP) is 3.70. The van der Waals surface area contributed by atoms with Crippen LogP contribution in [0.2, 0.25) is 0 Å². The van der Waals surface area contributed by atoms with Crippen LogP contribution in [0.1, 0.15) is 5.69 Å². The summed E-state index contributed by atoms with van der Waals surface area (Å²) < 4.78 is 45.7. The van der Waals surface area contributed by atoms with E-state index in [1.54, 1.807) is 6.07 Å². The minimum Gasteiger partial charge on any atom is -0.463 e. The van der Waals surface area contributed by atoms with E-state index < -0.39 is 11.9 Å². The Morgan fingerprint density at radius 1 is 1.24 bits per heavy atom. The third kappa shape index (κ3) is 2.82. The van der Waals surface area contributed by atoms with Gasteiger partial charge in [0.2, 0.25) is 0 Å². The Hall–Kier alpha value is -2.16. The van der Waals surface area contributed by atoms with Crippen molar-refractivity contribution < 1.29 is 17.6 Å². The Labute approximate surface area is 124 Å². The highest BCUT2D eigenvalue weighted by Crippen LogP contribution is 2.31. The van der Waals surface area contributed by atoms with Gasteiger partial charge in [-0.1, -0.05) is 0 Å². The van der Waals surface area contributed by atoms with Gasteiger partial charge in [-0.3, -0.25) is 0 Å². The monoisotopic (exact) mass is 358 g/mol. The van der Waals surface area contributed by atoms with Crippen LogP contribution < -0.4 is 0 Å². The van der Waals surface area contributed by atoms with Crippen LogP contribution in [0.3, 0.4) is 0 Å². The molecule has 0 aliphatic rings. The molecule has 0 spiro atoms. The maximum atomic E-state index is 13.0. The van der Waals surface area contributed by atoms with E-state index in [9.17, 15) is 13.2 Å². The maximum absolute atomic E-state index is 13.0. The van der Waals surface area contributed by atoms with Gasteiger partial charge in [0, 0.05) is 6.20 Å². The summed E-state index contributed by atoms with van der Waals surface area (Å²) in [5.41, 5.74) is -1.03. The molecule has 0 atom stereocenters. The topological polar surface area (TPSA) is 56.7 Å². The third-order valence-corrected chi connectivity index (χ3v) is 2.94. The summed E-state index contributed by atoms with van der Waals surface area (Å²) in [6.07, 6.45) is -0.351. The number of halogens is 4. The number of hydrogen-bond donors (Lipinski definition) is 0. The third-order valence-electron chi connectivity index (χ3n) is 2.53. The van der Waals surface area contributed by atoms with Gasteiger partial charge in [-0.05, 0) is 34.1 Å². The summed E-state index contributed by atoms with van der Waals surface area (Å²) in [5, 5.41) is 3.88. The molecule has 5 nitrogen and oxygen atoms in total. The van der Waals surface area contributed by atoms with E-state index >= 15 is 0 Å². The molecule has 0 aliphatic carbocycles. The Morgan fingerprint density at radius 3 is 2.62 bits per heavy atom. The van der Waals surface area contributed by atoms with Crippen molar-refractivity contribution in [2.45, 2.75) is 6.18 Å². The van der Waals surface area contributed by atoms with Crippen LogP contribution in [-0.4, -0.2) is 19.7 Å². The van der Waals surface area contributed by atoms with Crippen LogP contribution in [0.4, 0.5) is 13.2 Å². The molecular weight excluding hydrogens is 353 g/mol. The molecule has 0 saturated heterocycles. The van der Waals surface area contributed by atoms with Crippen LogP contribution >= 0.6 is 15.9 Å². The van der Waals surface area contributed by atoms with Gasteiger partial charge in [-0.2, -0.15) is 18.3 Å². The number of aromatic nitrogens is 4. The highest BCUT2D eigenvalue weighted by atomic mass is 79.9. The smallest absolute Gasteiger partial charge is 0.433 e. The Balaban J connectivity index is 2.18. The van der Waals surface area contributed by atoms with E-state index in [1.807, 2.05) is 0 Å². The van der Waals surface area contributed by atoms with Gasteiger partial charge in [0.05, 0.1) is 16.9 Å². The van der Waals surface area contributed by atoms with E-state index in [4.69, 9.17) is 4.42 Å². The molecule has 0 aliphatic heterocycles. The molecule has 9 heteroatoms. The van der Waals surface area contributed by atoms with E-state index in [2.05, 4.69) is 31.0 Å². The standard InChI is InChI=1S/C12H6BrF3N4O/c13-7-5-17-20(6-7)11-18-8(9-2-1-3-21-9)4-10(19-11)12(14,15)16/h1-6H. The average Bonchev–Trinajstić information content (AvgIpc) is 3.08. The van der Waals surface area contributed by atoms with Gasteiger partial charge in [0.15, 0.2) is 11.5 Å². The fourth-order valence-corrected chi connectivity index (χ4v) is 1.93. The minimum absolute atomic E-state index is 0.0314. The fraction of sp³-hybridized carbons (Fsp3) is 0.0833. The molecule has 0 bridgehead atoms. The molecular formula is C12H6BrF3N4O. The zero-order valence-corrected chi connectivity index (χ0v) is 11.8.